The second-order valence-corrected chi connectivity index (χ2v) is 5.30. The summed E-state index contributed by atoms with van der Waals surface area (Å²) in [6.45, 7) is 2.05. The van der Waals surface area contributed by atoms with Gasteiger partial charge >= 0.3 is 0 Å². The normalized spacial score (nSPS) is 23.8. The fourth-order valence-corrected chi connectivity index (χ4v) is 3.04. The van der Waals surface area contributed by atoms with Gasteiger partial charge in [-0.15, -0.1) is 0 Å². The maximum absolute atomic E-state index is 4.45. The lowest BCUT2D eigenvalue weighted by Crippen LogP contribution is -2.19. The van der Waals surface area contributed by atoms with Crippen LogP contribution in [-0.4, -0.2) is 30.2 Å². The predicted molar refractivity (Wildman–Crippen MR) is 68.2 cm³/mol. The highest BCUT2D eigenvalue weighted by Crippen LogP contribution is 2.25. The van der Waals surface area contributed by atoms with E-state index in [1.807, 2.05) is 0 Å². The zero-order chi connectivity index (χ0) is 10.5. The van der Waals surface area contributed by atoms with Gasteiger partial charge in [-0.3, -0.25) is 4.99 Å². The topological polar surface area (TPSA) is 15.6 Å². The summed E-state index contributed by atoms with van der Waals surface area (Å²) in [6, 6.07) is 0. The molecular weight excluding hydrogens is 204 g/mol. The van der Waals surface area contributed by atoms with E-state index in [9.17, 15) is 0 Å². The summed E-state index contributed by atoms with van der Waals surface area (Å²) in [7, 11) is 2.12. The largest absolute Gasteiger partial charge is 0.352 e. The minimum atomic E-state index is 0.832. The third kappa shape index (κ3) is 3.26. The number of hydrogen-bond acceptors (Lipinski definition) is 3. The van der Waals surface area contributed by atoms with Gasteiger partial charge in [0, 0.05) is 13.6 Å². The summed E-state index contributed by atoms with van der Waals surface area (Å²) in [5, 5.41) is 3.43. The monoisotopic (exact) mass is 224 g/mol. The first kappa shape index (κ1) is 11.1. The summed E-state index contributed by atoms with van der Waals surface area (Å²) in [5.74, 6) is 0.832. The van der Waals surface area contributed by atoms with E-state index in [0.29, 0.717) is 0 Å². The molecule has 15 heavy (non-hydrogen) atoms. The van der Waals surface area contributed by atoms with Crippen LogP contribution in [0.4, 0.5) is 0 Å². The molecule has 1 heterocycles. The van der Waals surface area contributed by atoms with Crippen molar-refractivity contribution in [2.45, 2.75) is 32.1 Å². The SMILES string of the molecule is CN1CCN=C1S/C=C/C1CCCCC1. The van der Waals surface area contributed by atoms with Gasteiger partial charge in [0.1, 0.15) is 0 Å². The van der Waals surface area contributed by atoms with Crippen molar-refractivity contribution in [2.24, 2.45) is 10.9 Å². The maximum atomic E-state index is 4.45. The van der Waals surface area contributed by atoms with Gasteiger partial charge in [-0.1, -0.05) is 37.1 Å². The Hall–Kier alpha value is -0.440. The van der Waals surface area contributed by atoms with E-state index < -0.39 is 0 Å². The first-order valence-corrected chi connectivity index (χ1v) is 6.83. The number of hydrogen-bond donors (Lipinski definition) is 0. The van der Waals surface area contributed by atoms with Crippen molar-refractivity contribution in [1.29, 1.82) is 0 Å². The quantitative estimate of drug-likeness (QED) is 0.716. The lowest BCUT2D eigenvalue weighted by atomic mass is 9.90. The molecule has 2 rings (SSSR count). The first-order chi connectivity index (χ1) is 7.36. The summed E-state index contributed by atoms with van der Waals surface area (Å²) in [6.07, 6.45) is 9.44. The smallest absolute Gasteiger partial charge is 0.163 e. The van der Waals surface area contributed by atoms with E-state index >= 15 is 0 Å². The van der Waals surface area contributed by atoms with Crippen LogP contribution in [0.2, 0.25) is 0 Å². The van der Waals surface area contributed by atoms with Crippen LogP contribution < -0.4 is 0 Å². The number of likely N-dealkylation sites (N-methyl/N-ethyl adjacent to an activating group) is 1. The maximum Gasteiger partial charge on any atom is 0.163 e. The van der Waals surface area contributed by atoms with Crippen LogP contribution in [-0.2, 0) is 0 Å². The average Bonchev–Trinajstić information content (AvgIpc) is 2.66. The molecule has 0 radical (unpaired) electrons. The van der Waals surface area contributed by atoms with Crippen molar-refractivity contribution in [3.63, 3.8) is 0 Å². The van der Waals surface area contributed by atoms with Crippen molar-refractivity contribution in [3.05, 3.63) is 11.5 Å². The van der Waals surface area contributed by atoms with Gasteiger partial charge in [-0.2, -0.15) is 0 Å². The van der Waals surface area contributed by atoms with E-state index in [1.54, 1.807) is 11.8 Å². The molecule has 1 fully saturated rings. The zero-order valence-electron chi connectivity index (χ0n) is 9.48. The second-order valence-electron chi connectivity index (χ2n) is 4.43. The summed E-state index contributed by atoms with van der Waals surface area (Å²) in [4.78, 5) is 6.69. The number of allylic oxidation sites excluding steroid dienone is 1. The highest BCUT2D eigenvalue weighted by Gasteiger charge is 2.12. The molecule has 0 N–H and O–H groups in total. The Bertz CT molecular complexity index is 254. The van der Waals surface area contributed by atoms with Gasteiger partial charge in [-0.25, -0.2) is 0 Å². The molecule has 2 nitrogen and oxygen atoms in total. The number of amidine groups is 1. The van der Waals surface area contributed by atoms with E-state index in [0.717, 1.165) is 19.0 Å². The van der Waals surface area contributed by atoms with Gasteiger partial charge < -0.3 is 4.90 Å². The molecule has 0 aromatic heterocycles. The highest BCUT2D eigenvalue weighted by molar-refractivity contribution is 8.16. The van der Waals surface area contributed by atoms with Crippen molar-refractivity contribution >= 4 is 16.9 Å². The Kier molecular flexibility index (Phi) is 4.12. The second kappa shape index (κ2) is 5.59. The van der Waals surface area contributed by atoms with Crippen molar-refractivity contribution in [2.75, 3.05) is 20.1 Å². The summed E-state index contributed by atoms with van der Waals surface area (Å²) < 4.78 is 0. The van der Waals surface area contributed by atoms with Gasteiger partial charge in [-0.05, 0) is 24.2 Å². The molecule has 3 heteroatoms. The van der Waals surface area contributed by atoms with Crippen LogP contribution in [0.3, 0.4) is 0 Å². The summed E-state index contributed by atoms with van der Waals surface area (Å²) in [5.41, 5.74) is 0. The Labute approximate surface area is 96.8 Å². The number of rotatable bonds is 2. The van der Waals surface area contributed by atoms with Crippen LogP contribution in [0.25, 0.3) is 0 Å². The van der Waals surface area contributed by atoms with Gasteiger partial charge in [0.25, 0.3) is 0 Å². The van der Waals surface area contributed by atoms with Gasteiger partial charge in [0.15, 0.2) is 5.17 Å². The van der Waals surface area contributed by atoms with Crippen LogP contribution in [0.1, 0.15) is 32.1 Å². The molecule has 0 bridgehead atoms. The van der Waals surface area contributed by atoms with Crippen molar-refractivity contribution in [1.82, 2.24) is 4.90 Å². The predicted octanol–water partition coefficient (Wildman–Crippen LogP) is 3.12. The Morgan fingerprint density at radius 1 is 1.33 bits per heavy atom. The molecule has 84 valence electrons. The van der Waals surface area contributed by atoms with Crippen molar-refractivity contribution in [3.8, 4) is 0 Å². The molecule has 0 spiro atoms. The van der Waals surface area contributed by atoms with Gasteiger partial charge in [0.05, 0.1) is 6.54 Å². The third-order valence-electron chi connectivity index (χ3n) is 3.18. The molecular formula is C12H20N2S. The molecule has 0 amide bonds. The van der Waals surface area contributed by atoms with Crippen molar-refractivity contribution < 1.29 is 0 Å². The standard InChI is InChI=1S/C12H20N2S/c1-14-9-8-13-12(14)15-10-7-11-5-3-2-4-6-11/h7,10-11H,2-6,8-9H2,1H3/b10-7+. The van der Waals surface area contributed by atoms with Crippen LogP contribution >= 0.6 is 11.8 Å². The van der Waals surface area contributed by atoms with E-state index in [-0.39, 0.29) is 0 Å². The number of nitrogens with zero attached hydrogens (tertiary/aromatic N) is 2. The molecule has 1 aliphatic carbocycles. The molecule has 0 aromatic rings. The number of aliphatic imine (C=N–C) groups is 1. The molecule has 0 aromatic carbocycles. The lowest BCUT2D eigenvalue weighted by molar-refractivity contribution is 0.420. The van der Waals surface area contributed by atoms with Crippen LogP contribution in [0.5, 0.6) is 0 Å². The minimum Gasteiger partial charge on any atom is -0.352 e. The van der Waals surface area contributed by atoms with E-state index in [1.165, 1.54) is 37.3 Å². The Balaban J connectivity index is 1.74. The third-order valence-corrected chi connectivity index (χ3v) is 4.13. The first-order valence-electron chi connectivity index (χ1n) is 5.95. The van der Waals surface area contributed by atoms with Crippen LogP contribution in [0, 0.1) is 5.92 Å². The van der Waals surface area contributed by atoms with Gasteiger partial charge in [0.2, 0.25) is 0 Å². The highest BCUT2D eigenvalue weighted by atomic mass is 32.2. The zero-order valence-corrected chi connectivity index (χ0v) is 10.3. The fraction of sp³-hybridized carbons (Fsp3) is 0.750. The fourth-order valence-electron chi connectivity index (χ4n) is 2.18. The Morgan fingerprint density at radius 2 is 2.13 bits per heavy atom. The molecule has 0 saturated heterocycles. The Morgan fingerprint density at radius 3 is 2.80 bits per heavy atom. The molecule has 2 aliphatic rings. The minimum absolute atomic E-state index is 0.832. The molecule has 1 aliphatic heterocycles. The molecule has 0 atom stereocenters. The van der Waals surface area contributed by atoms with Crippen LogP contribution in [0.15, 0.2) is 16.5 Å². The lowest BCUT2D eigenvalue weighted by Gasteiger charge is -2.17. The van der Waals surface area contributed by atoms with E-state index in [4.69, 9.17) is 0 Å². The molecule has 1 saturated carbocycles. The summed E-state index contributed by atoms with van der Waals surface area (Å²) >= 11 is 1.78. The van der Waals surface area contributed by atoms with E-state index in [2.05, 4.69) is 28.4 Å². The molecule has 0 unspecified atom stereocenters. The number of thioether (sulfide) groups is 1. The average molecular weight is 224 g/mol.